The number of carboxylic acids is 1. The molecular weight excluding hydrogens is 310 g/mol. The van der Waals surface area contributed by atoms with Crippen LogP contribution in [0.3, 0.4) is 0 Å². The van der Waals surface area contributed by atoms with Crippen molar-refractivity contribution in [2.24, 2.45) is 0 Å². The van der Waals surface area contributed by atoms with Gasteiger partial charge in [0.15, 0.2) is 0 Å². The zero-order valence-electron chi connectivity index (χ0n) is 12.9. The summed E-state index contributed by atoms with van der Waals surface area (Å²) in [6.45, 7) is -0.587. The van der Waals surface area contributed by atoms with Crippen LogP contribution in [0, 0.1) is 0 Å². The Balaban J connectivity index is 1.91. The Morgan fingerprint density at radius 3 is 2.42 bits per heavy atom. The van der Waals surface area contributed by atoms with E-state index in [1.54, 1.807) is 6.07 Å². The van der Waals surface area contributed by atoms with E-state index in [1.807, 2.05) is 35.6 Å². The zero-order chi connectivity index (χ0) is 17.4. The molecule has 0 radical (unpaired) electrons. The second-order valence-corrected chi connectivity index (χ2v) is 5.16. The highest BCUT2D eigenvalue weighted by molar-refractivity contribution is 6.36. The molecule has 0 aliphatic heterocycles. The molecule has 0 bridgehead atoms. The van der Waals surface area contributed by atoms with Gasteiger partial charge in [-0.1, -0.05) is 30.3 Å². The van der Waals surface area contributed by atoms with Crippen LogP contribution in [0.1, 0.15) is 17.0 Å². The Morgan fingerprint density at radius 1 is 1.00 bits per heavy atom. The number of ketones is 1. The lowest BCUT2D eigenvalue weighted by Gasteiger charge is -2.04. The van der Waals surface area contributed by atoms with Gasteiger partial charge in [-0.2, -0.15) is 0 Å². The Labute approximate surface area is 138 Å². The van der Waals surface area contributed by atoms with Crippen LogP contribution >= 0.6 is 0 Å². The minimum absolute atomic E-state index is 0.188. The fourth-order valence-electron chi connectivity index (χ4n) is 2.09. The number of aromatic nitrogens is 2. The maximum absolute atomic E-state index is 11.8. The molecule has 2 rings (SSSR count). The molecule has 124 valence electrons. The van der Waals surface area contributed by atoms with E-state index in [0.29, 0.717) is 12.1 Å². The lowest BCUT2D eigenvalue weighted by atomic mass is 10.1. The van der Waals surface area contributed by atoms with Crippen molar-refractivity contribution in [2.45, 2.75) is 19.3 Å². The summed E-state index contributed by atoms with van der Waals surface area (Å²) in [6, 6.07) is 11.6. The number of Topliss-reactive ketones (excluding diaryl/α,β-unsaturated/α-hetero) is 1. The molecule has 1 aromatic heterocycles. The van der Waals surface area contributed by atoms with Gasteiger partial charge in [0.2, 0.25) is 5.78 Å². The van der Waals surface area contributed by atoms with Crippen molar-refractivity contribution in [2.75, 3.05) is 6.54 Å². The van der Waals surface area contributed by atoms with Crippen LogP contribution < -0.4 is 5.32 Å². The van der Waals surface area contributed by atoms with E-state index in [1.165, 1.54) is 11.9 Å². The van der Waals surface area contributed by atoms with Gasteiger partial charge >= 0.3 is 5.97 Å². The number of carboxylic acid groups (broad SMARTS) is 1. The number of rotatable bonds is 8. The van der Waals surface area contributed by atoms with E-state index in [4.69, 9.17) is 5.11 Å². The van der Waals surface area contributed by atoms with Crippen molar-refractivity contribution in [1.82, 2.24) is 15.3 Å². The van der Waals surface area contributed by atoms with E-state index in [0.717, 1.165) is 12.1 Å². The SMILES string of the molecule is O=C(O)CNC(=O)C(=O)Cc1cc(CCc2ccccc2)ncn1. The normalized spacial score (nSPS) is 10.2. The zero-order valence-corrected chi connectivity index (χ0v) is 12.9. The van der Waals surface area contributed by atoms with Crippen molar-refractivity contribution in [3.05, 3.63) is 59.7 Å². The van der Waals surface area contributed by atoms with E-state index >= 15 is 0 Å². The quantitative estimate of drug-likeness (QED) is 0.686. The van der Waals surface area contributed by atoms with Gasteiger partial charge in [0.05, 0.1) is 12.1 Å². The molecular formula is C17H17N3O4. The third-order valence-electron chi connectivity index (χ3n) is 3.29. The lowest BCUT2D eigenvalue weighted by Crippen LogP contribution is -2.35. The number of hydrogen-bond acceptors (Lipinski definition) is 5. The Kier molecular flexibility index (Phi) is 6.13. The highest BCUT2D eigenvalue weighted by Gasteiger charge is 2.16. The molecule has 0 saturated carbocycles. The van der Waals surface area contributed by atoms with Crippen LogP contribution in [0.25, 0.3) is 0 Å². The third kappa shape index (κ3) is 5.60. The van der Waals surface area contributed by atoms with Gasteiger partial charge in [-0.3, -0.25) is 14.4 Å². The number of aryl methyl sites for hydroxylation is 2. The Bertz CT molecular complexity index is 732. The summed E-state index contributed by atoms with van der Waals surface area (Å²) in [4.78, 5) is 41.8. The standard InChI is InChI=1S/C17H17N3O4/c21-15(17(24)18-10-16(22)23)9-14-8-13(19-11-20-14)7-6-12-4-2-1-3-5-12/h1-5,8,11H,6-7,9-10H2,(H,18,24)(H,22,23). The molecule has 0 aliphatic carbocycles. The van der Waals surface area contributed by atoms with Gasteiger partial charge in [-0.25, -0.2) is 9.97 Å². The molecule has 0 atom stereocenters. The highest BCUT2D eigenvalue weighted by atomic mass is 16.4. The van der Waals surface area contributed by atoms with Gasteiger partial charge < -0.3 is 10.4 Å². The average Bonchev–Trinajstić information content (AvgIpc) is 2.59. The fourth-order valence-corrected chi connectivity index (χ4v) is 2.09. The molecule has 7 heteroatoms. The van der Waals surface area contributed by atoms with Crippen molar-refractivity contribution < 1.29 is 19.5 Å². The number of nitrogens with one attached hydrogen (secondary N) is 1. The first-order valence-corrected chi connectivity index (χ1v) is 7.41. The number of aliphatic carboxylic acids is 1. The summed E-state index contributed by atoms with van der Waals surface area (Å²) >= 11 is 0. The molecule has 0 spiro atoms. The third-order valence-corrected chi connectivity index (χ3v) is 3.29. The van der Waals surface area contributed by atoms with Crippen molar-refractivity contribution >= 4 is 17.7 Å². The van der Waals surface area contributed by atoms with Gasteiger partial charge in [-0.15, -0.1) is 0 Å². The maximum Gasteiger partial charge on any atom is 0.322 e. The fraction of sp³-hybridized carbons (Fsp3) is 0.235. The smallest absolute Gasteiger partial charge is 0.322 e. The van der Waals surface area contributed by atoms with Crippen molar-refractivity contribution in [1.29, 1.82) is 0 Å². The van der Waals surface area contributed by atoms with E-state index in [-0.39, 0.29) is 6.42 Å². The summed E-state index contributed by atoms with van der Waals surface area (Å²) in [6.07, 6.45) is 2.67. The number of carbonyl (C=O) groups is 3. The Hall–Kier alpha value is -3.09. The Morgan fingerprint density at radius 2 is 1.71 bits per heavy atom. The van der Waals surface area contributed by atoms with Crippen LogP contribution in [0.2, 0.25) is 0 Å². The van der Waals surface area contributed by atoms with Gasteiger partial charge in [0, 0.05) is 5.69 Å². The molecule has 1 aromatic carbocycles. The molecule has 7 nitrogen and oxygen atoms in total. The van der Waals surface area contributed by atoms with Crippen molar-refractivity contribution in [3.8, 4) is 0 Å². The van der Waals surface area contributed by atoms with Crippen LogP contribution in [0.4, 0.5) is 0 Å². The number of carbonyl (C=O) groups excluding carboxylic acids is 2. The number of hydrogen-bond donors (Lipinski definition) is 2. The van der Waals surface area contributed by atoms with Crippen LogP contribution in [-0.2, 0) is 33.6 Å². The first kappa shape index (κ1) is 17.3. The van der Waals surface area contributed by atoms with Crippen LogP contribution in [0.15, 0.2) is 42.7 Å². The maximum atomic E-state index is 11.8. The first-order valence-electron chi connectivity index (χ1n) is 7.41. The molecule has 1 heterocycles. The number of amides is 1. The molecule has 1 amide bonds. The predicted molar refractivity (Wildman–Crippen MR) is 85.2 cm³/mol. The van der Waals surface area contributed by atoms with Gasteiger partial charge in [-0.05, 0) is 24.5 Å². The molecule has 0 fully saturated rings. The molecule has 2 N–H and O–H groups in total. The molecule has 0 unspecified atom stereocenters. The topological polar surface area (TPSA) is 109 Å². The van der Waals surface area contributed by atoms with E-state index in [2.05, 4.69) is 9.97 Å². The van der Waals surface area contributed by atoms with Crippen LogP contribution in [0.5, 0.6) is 0 Å². The summed E-state index contributed by atoms with van der Waals surface area (Å²) in [5.74, 6) is -2.87. The largest absolute Gasteiger partial charge is 0.480 e. The van der Waals surface area contributed by atoms with Gasteiger partial charge in [0.1, 0.15) is 12.9 Å². The molecule has 24 heavy (non-hydrogen) atoms. The lowest BCUT2D eigenvalue weighted by molar-refractivity contribution is -0.141. The molecule has 0 aliphatic rings. The first-order chi connectivity index (χ1) is 11.5. The second kappa shape index (κ2) is 8.52. The monoisotopic (exact) mass is 327 g/mol. The molecule has 0 saturated heterocycles. The van der Waals surface area contributed by atoms with E-state index in [9.17, 15) is 14.4 Å². The average molecular weight is 327 g/mol. The summed E-state index contributed by atoms with van der Waals surface area (Å²) in [5, 5.41) is 10.5. The minimum atomic E-state index is -1.21. The van der Waals surface area contributed by atoms with Gasteiger partial charge in [0.25, 0.3) is 5.91 Å². The summed E-state index contributed by atoms with van der Waals surface area (Å²) in [7, 11) is 0. The minimum Gasteiger partial charge on any atom is -0.480 e. The van der Waals surface area contributed by atoms with E-state index < -0.39 is 24.2 Å². The summed E-state index contributed by atoms with van der Waals surface area (Å²) < 4.78 is 0. The highest BCUT2D eigenvalue weighted by Crippen LogP contribution is 2.06. The molecule has 2 aromatic rings. The second-order valence-electron chi connectivity index (χ2n) is 5.16. The van der Waals surface area contributed by atoms with Crippen LogP contribution in [-0.4, -0.2) is 39.3 Å². The number of benzene rings is 1. The summed E-state index contributed by atoms with van der Waals surface area (Å²) in [5.41, 5.74) is 2.40. The number of nitrogens with zero attached hydrogens (tertiary/aromatic N) is 2. The predicted octanol–water partition coefficient (Wildman–Crippen LogP) is 0.574. The van der Waals surface area contributed by atoms with Crippen molar-refractivity contribution in [3.63, 3.8) is 0 Å².